The van der Waals surface area contributed by atoms with Crippen LogP contribution in [-0.2, 0) is 9.84 Å². The first kappa shape index (κ1) is 12.1. The molecule has 0 bridgehead atoms. The molecule has 1 saturated heterocycles. The van der Waals surface area contributed by atoms with Crippen LogP contribution in [0.25, 0.3) is 0 Å². The maximum absolute atomic E-state index is 11.5. The van der Waals surface area contributed by atoms with Crippen molar-refractivity contribution in [1.29, 1.82) is 0 Å². The summed E-state index contributed by atoms with van der Waals surface area (Å²) in [6, 6.07) is 1.75. The van der Waals surface area contributed by atoms with E-state index in [-0.39, 0.29) is 17.5 Å². The minimum absolute atomic E-state index is 0.0478. The van der Waals surface area contributed by atoms with Gasteiger partial charge in [-0.3, -0.25) is 0 Å². The molecule has 7 heteroatoms. The molecule has 6 nitrogen and oxygen atoms in total. The van der Waals surface area contributed by atoms with Crippen molar-refractivity contribution in [3.63, 3.8) is 0 Å². The van der Waals surface area contributed by atoms with Gasteiger partial charge in [0, 0.05) is 25.8 Å². The number of anilines is 2. The fourth-order valence-corrected chi connectivity index (χ4v) is 3.53. The molecule has 1 aliphatic rings. The highest BCUT2D eigenvalue weighted by Gasteiger charge is 2.28. The van der Waals surface area contributed by atoms with Gasteiger partial charge >= 0.3 is 0 Å². The largest absolute Gasteiger partial charge is 0.357 e. The summed E-state index contributed by atoms with van der Waals surface area (Å²) in [4.78, 5) is 10.4. The van der Waals surface area contributed by atoms with Crippen LogP contribution in [0, 0.1) is 0 Å². The van der Waals surface area contributed by atoms with Crippen molar-refractivity contribution in [2.75, 3.05) is 35.3 Å². The Morgan fingerprint density at radius 3 is 2.94 bits per heavy atom. The summed E-state index contributed by atoms with van der Waals surface area (Å²) < 4.78 is 23.0. The highest BCUT2D eigenvalue weighted by Crippen LogP contribution is 2.19. The quantitative estimate of drug-likeness (QED) is 0.811. The van der Waals surface area contributed by atoms with E-state index >= 15 is 0 Å². The van der Waals surface area contributed by atoms with Gasteiger partial charge in [0.15, 0.2) is 9.84 Å². The Kier molecular flexibility index (Phi) is 3.19. The molecule has 0 aromatic carbocycles. The maximum Gasteiger partial charge on any atom is 0.224 e. The average Bonchev–Trinajstić information content (AvgIpc) is 2.28. The van der Waals surface area contributed by atoms with E-state index in [9.17, 15) is 8.42 Å². The summed E-state index contributed by atoms with van der Waals surface area (Å²) in [5.41, 5.74) is 0. The van der Waals surface area contributed by atoms with Gasteiger partial charge < -0.3 is 10.2 Å². The smallest absolute Gasteiger partial charge is 0.224 e. The monoisotopic (exact) mass is 256 g/mol. The minimum Gasteiger partial charge on any atom is -0.357 e. The van der Waals surface area contributed by atoms with Crippen LogP contribution in [0.1, 0.15) is 6.92 Å². The molecule has 1 aliphatic heterocycles. The van der Waals surface area contributed by atoms with Crippen molar-refractivity contribution in [3.8, 4) is 0 Å². The lowest BCUT2D eigenvalue weighted by Crippen LogP contribution is -2.47. The molecule has 1 fully saturated rings. The zero-order chi connectivity index (χ0) is 12.5. The van der Waals surface area contributed by atoms with E-state index in [1.165, 1.54) is 0 Å². The first-order chi connectivity index (χ1) is 8.02. The van der Waals surface area contributed by atoms with Crippen LogP contribution in [0.2, 0.25) is 0 Å². The van der Waals surface area contributed by atoms with Crippen molar-refractivity contribution in [2.45, 2.75) is 13.0 Å². The summed E-state index contributed by atoms with van der Waals surface area (Å²) >= 11 is 0. The Hall–Kier alpha value is -1.37. The molecule has 0 amide bonds. The third kappa shape index (κ3) is 2.66. The van der Waals surface area contributed by atoms with Gasteiger partial charge in [0.25, 0.3) is 0 Å². The summed E-state index contributed by atoms with van der Waals surface area (Å²) in [6.45, 7) is 2.39. The molecule has 0 aliphatic carbocycles. The van der Waals surface area contributed by atoms with Crippen LogP contribution in [0.4, 0.5) is 11.8 Å². The Morgan fingerprint density at radius 1 is 1.53 bits per heavy atom. The molecule has 1 atom stereocenters. The second-order valence-electron chi connectivity index (χ2n) is 4.15. The first-order valence-electron chi connectivity index (χ1n) is 5.50. The Morgan fingerprint density at radius 2 is 2.29 bits per heavy atom. The Bertz CT molecular complexity index is 503. The molecule has 1 aromatic heterocycles. The van der Waals surface area contributed by atoms with Gasteiger partial charge in [-0.1, -0.05) is 0 Å². The number of sulfone groups is 1. The standard InChI is InChI=1S/C10H16N4O2S/c1-8-7-17(15,16)6-5-14(8)9-3-4-12-10(11-2)13-9/h3-4,8H,5-7H2,1-2H3,(H,11,12,13). The number of hydrogen-bond donors (Lipinski definition) is 1. The highest BCUT2D eigenvalue weighted by molar-refractivity contribution is 7.91. The van der Waals surface area contributed by atoms with Crippen molar-refractivity contribution in [2.24, 2.45) is 0 Å². The fourth-order valence-electron chi connectivity index (χ4n) is 1.97. The van der Waals surface area contributed by atoms with Gasteiger partial charge in [-0.15, -0.1) is 0 Å². The van der Waals surface area contributed by atoms with Gasteiger partial charge in [0.05, 0.1) is 11.5 Å². The molecule has 1 N–H and O–H groups in total. The molecule has 1 aromatic rings. The lowest BCUT2D eigenvalue weighted by Gasteiger charge is -2.34. The highest BCUT2D eigenvalue weighted by atomic mass is 32.2. The molecular weight excluding hydrogens is 240 g/mol. The molecule has 94 valence electrons. The molecule has 17 heavy (non-hydrogen) atoms. The average molecular weight is 256 g/mol. The van der Waals surface area contributed by atoms with Gasteiger partial charge in [-0.2, -0.15) is 4.98 Å². The molecular formula is C10H16N4O2S. The van der Waals surface area contributed by atoms with Gasteiger partial charge in [0.1, 0.15) is 5.82 Å². The number of nitrogens with one attached hydrogen (secondary N) is 1. The zero-order valence-electron chi connectivity index (χ0n) is 9.92. The van der Waals surface area contributed by atoms with Crippen molar-refractivity contribution >= 4 is 21.6 Å². The summed E-state index contributed by atoms with van der Waals surface area (Å²) in [6.07, 6.45) is 1.67. The van der Waals surface area contributed by atoms with Crippen molar-refractivity contribution < 1.29 is 8.42 Å². The number of rotatable bonds is 2. The van der Waals surface area contributed by atoms with Gasteiger partial charge in [0.2, 0.25) is 5.95 Å². The molecule has 2 heterocycles. The van der Waals surface area contributed by atoms with E-state index in [1.54, 1.807) is 19.3 Å². The predicted molar refractivity (Wildman–Crippen MR) is 67.0 cm³/mol. The lowest BCUT2D eigenvalue weighted by atomic mass is 10.3. The zero-order valence-corrected chi connectivity index (χ0v) is 10.7. The number of aromatic nitrogens is 2. The van der Waals surface area contributed by atoms with E-state index in [0.29, 0.717) is 12.5 Å². The van der Waals surface area contributed by atoms with E-state index in [1.807, 2.05) is 11.8 Å². The first-order valence-corrected chi connectivity index (χ1v) is 7.32. The fraction of sp³-hybridized carbons (Fsp3) is 0.600. The number of hydrogen-bond acceptors (Lipinski definition) is 6. The number of nitrogens with zero attached hydrogens (tertiary/aromatic N) is 3. The third-order valence-corrected chi connectivity index (χ3v) is 4.62. The van der Waals surface area contributed by atoms with Crippen molar-refractivity contribution in [3.05, 3.63) is 12.3 Å². The van der Waals surface area contributed by atoms with Crippen LogP contribution >= 0.6 is 0 Å². The molecule has 0 radical (unpaired) electrons. The Labute approximate surface area is 101 Å². The SMILES string of the molecule is CNc1nccc(N2CCS(=O)(=O)CC2C)n1. The predicted octanol–water partition coefficient (Wildman–Crippen LogP) is 0.142. The van der Waals surface area contributed by atoms with Crippen molar-refractivity contribution in [1.82, 2.24) is 9.97 Å². The maximum atomic E-state index is 11.5. The molecule has 1 unspecified atom stereocenters. The third-order valence-electron chi connectivity index (χ3n) is 2.83. The van der Waals surface area contributed by atoms with Crippen LogP contribution < -0.4 is 10.2 Å². The molecule has 0 spiro atoms. The second-order valence-corrected chi connectivity index (χ2v) is 6.37. The summed E-state index contributed by atoms with van der Waals surface area (Å²) in [7, 11) is -1.14. The van der Waals surface area contributed by atoms with E-state index in [2.05, 4.69) is 15.3 Å². The summed E-state index contributed by atoms with van der Waals surface area (Å²) in [5, 5.41) is 2.87. The molecule has 0 saturated carbocycles. The van der Waals surface area contributed by atoms with E-state index in [4.69, 9.17) is 0 Å². The second kappa shape index (κ2) is 4.48. The van der Waals surface area contributed by atoms with Gasteiger partial charge in [-0.25, -0.2) is 13.4 Å². The van der Waals surface area contributed by atoms with Crippen LogP contribution in [0.5, 0.6) is 0 Å². The minimum atomic E-state index is -2.89. The van der Waals surface area contributed by atoms with Crippen LogP contribution in [-0.4, -0.2) is 49.5 Å². The van der Waals surface area contributed by atoms with E-state index in [0.717, 1.165) is 5.82 Å². The normalized spacial score (nSPS) is 23.4. The Balaban J connectivity index is 2.23. The molecule has 2 rings (SSSR count). The lowest BCUT2D eigenvalue weighted by molar-refractivity contribution is 0.567. The van der Waals surface area contributed by atoms with Crippen LogP contribution in [0.15, 0.2) is 12.3 Å². The summed E-state index contributed by atoms with van der Waals surface area (Å²) in [5.74, 6) is 1.69. The topological polar surface area (TPSA) is 75.2 Å². The van der Waals surface area contributed by atoms with E-state index < -0.39 is 9.84 Å². The van der Waals surface area contributed by atoms with Crippen LogP contribution in [0.3, 0.4) is 0 Å². The van der Waals surface area contributed by atoms with Gasteiger partial charge in [-0.05, 0) is 13.0 Å².